The largest absolute Gasteiger partial charge is 0.134 e. The highest BCUT2D eigenvalue weighted by molar-refractivity contribution is 6.48. The predicted molar refractivity (Wildman–Crippen MR) is 158 cm³/mol. The highest BCUT2D eigenvalue weighted by Crippen LogP contribution is 2.37. The van der Waals surface area contributed by atoms with Crippen LogP contribution >= 0.6 is 0 Å². The van der Waals surface area contributed by atoms with E-state index in [1.807, 2.05) is 0 Å². The lowest BCUT2D eigenvalue weighted by molar-refractivity contribution is 1.07. The number of hydrogen-bond donors (Lipinski definition) is 0. The van der Waals surface area contributed by atoms with Crippen LogP contribution in [0.3, 0.4) is 0 Å². The van der Waals surface area contributed by atoms with E-state index in [9.17, 15) is 0 Å². The van der Waals surface area contributed by atoms with Crippen molar-refractivity contribution in [3.63, 3.8) is 0 Å². The van der Waals surface area contributed by atoms with Crippen molar-refractivity contribution < 1.29 is 0 Å². The van der Waals surface area contributed by atoms with Crippen molar-refractivity contribution in [1.82, 2.24) is 0 Å². The zero-order chi connectivity index (χ0) is 23.7. The molecule has 0 N–H and O–H groups in total. The van der Waals surface area contributed by atoms with Crippen molar-refractivity contribution >= 4 is 62.1 Å². The minimum Gasteiger partial charge on any atom is -0.134 e. The number of fused-ring (bicyclic) bond motifs is 4. The molecule has 0 amide bonds. The molecule has 0 heterocycles. The summed E-state index contributed by atoms with van der Waals surface area (Å²) in [6.07, 6.45) is 0. The van der Waals surface area contributed by atoms with Crippen molar-refractivity contribution in [3.8, 4) is 22.9 Å². The molecule has 5 rings (SSSR count). The van der Waals surface area contributed by atoms with Gasteiger partial charge in [0.1, 0.15) is 19.0 Å². The highest BCUT2D eigenvalue weighted by atomic mass is 28.2. The first kappa shape index (κ1) is 22.5. The van der Waals surface area contributed by atoms with Crippen LogP contribution in [0, 0.1) is 22.9 Å². The Labute approximate surface area is 207 Å². The van der Waals surface area contributed by atoms with Crippen molar-refractivity contribution in [3.05, 3.63) is 83.9 Å². The molecule has 0 aliphatic carbocycles. The van der Waals surface area contributed by atoms with Crippen molar-refractivity contribution in [2.75, 3.05) is 0 Å². The molecule has 0 radical (unpaired) electrons. The molecule has 0 unspecified atom stereocenters. The van der Waals surface area contributed by atoms with Gasteiger partial charge < -0.3 is 0 Å². The van der Waals surface area contributed by atoms with E-state index in [2.05, 4.69) is 123 Å². The minimum absolute atomic E-state index is 0.428. The van der Waals surface area contributed by atoms with Crippen molar-refractivity contribution in [2.45, 2.75) is 38.8 Å². The number of benzene rings is 5. The van der Waals surface area contributed by atoms with Crippen LogP contribution in [0.2, 0.25) is 11.1 Å². The van der Waals surface area contributed by atoms with Crippen LogP contribution in [-0.2, 0) is 0 Å². The van der Waals surface area contributed by atoms with E-state index in [0.717, 1.165) is 0 Å². The zero-order valence-corrected chi connectivity index (χ0v) is 23.3. The van der Waals surface area contributed by atoms with Gasteiger partial charge in [-0.05, 0) is 78.4 Å². The van der Waals surface area contributed by atoms with E-state index in [-0.39, 0.29) is 0 Å². The first-order chi connectivity index (χ1) is 16.5. The van der Waals surface area contributed by atoms with Gasteiger partial charge in [-0.15, -0.1) is 11.1 Å². The lowest BCUT2D eigenvalue weighted by Crippen LogP contribution is -1.95. The van der Waals surface area contributed by atoms with Crippen molar-refractivity contribution in [1.29, 1.82) is 0 Å². The maximum atomic E-state index is 3.67. The molecule has 166 valence electrons. The highest BCUT2D eigenvalue weighted by Gasteiger charge is 2.14. The molecule has 0 atom stereocenters. The molecule has 0 nitrogen and oxygen atoms in total. The fourth-order valence-corrected chi connectivity index (χ4v) is 5.93. The van der Waals surface area contributed by atoms with Crippen LogP contribution in [0.4, 0.5) is 0 Å². The Morgan fingerprint density at radius 1 is 0.500 bits per heavy atom. The first-order valence-electron chi connectivity index (χ1n) is 12.3. The van der Waals surface area contributed by atoms with Gasteiger partial charge in [0.05, 0.1) is 0 Å². The quantitative estimate of drug-likeness (QED) is 0.149. The summed E-state index contributed by atoms with van der Waals surface area (Å²) in [5.74, 6) is 7.33. The Morgan fingerprint density at radius 2 is 0.794 bits per heavy atom. The maximum Gasteiger partial charge on any atom is 0.110 e. The molecular weight excluding hydrogens is 441 g/mol. The fraction of sp³-hybridized carbons (Fsp3) is 0.188. The smallest absolute Gasteiger partial charge is 0.110 e. The standard InChI is InChI=1S/C32H30Si2/c1-21(2)33-15-13-27-29-17-23-9-5-7-11-25(23)19-31(29)28(14-16-34-22(3)4)32-20-26-12-8-6-10-24(26)18-30(27)32/h5-12,17-22H,33-34H2,1-4H3. The van der Waals surface area contributed by atoms with E-state index in [0.29, 0.717) is 11.1 Å². The van der Waals surface area contributed by atoms with Gasteiger partial charge in [0.2, 0.25) is 0 Å². The molecule has 0 spiro atoms. The van der Waals surface area contributed by atoms with E-state index < -0.39 is 19.0 Å². The topological polar surface area (TPSA) is 0 Å². The Hall–Kier alpha value is -3.31. The molecule has 0 aromatic heterocycles. The summed E-state index contributed by atoms with van der Waals surface area (Å²) in [6.45, 7) is 9.15. The van der Waals surface area contributed by atoms with Crippen LogP contribution in [0.5, 0.6) is 0 Å². The third-order valence-corrected chi connectivity index (χ3v) is 8.69. The normalized spacial score (nSPS) is 11.9. The van der Waals surface area contributed by atoms with Crippen LogP contribution in [0.1, 0.15) is 38.8 Å². The molecule has 0 aliphatic heterocycles. The van der Waals surface area contributed by atoms with Gasteiger partial charge in [-0.25, -0.2) is 0 Å². The van der Waals surface area contributed by atoms with E-state index in [1.54, 1.807) is 0 Å². The van der Waals surface area contributed by atoms with Crippen LogP contribution in [-0.4, -0.2) is 19.0 Å². The summed E-state index contributed by atoms with van der Waals surface area (Å²) in [5.41, 5.74) is 11.0. The van der Waals surface area contributed by atoms with E-state index in [4.69, 9.17) is 0 Å². The molecule has 5 aromatic rings. The van der Waals surface area contributed by atoms with Gasteiger partial charge >= 0.3 is 0 Å². The van der Waals surface area contributed by atoms with E-state index in [1.165, 1.54) is 54.2 Å². The van der Waals surface area contributed by atoms with Gasteiger partial charge in [0, 0.05) is 11.1 Å². The Balaban J connectivity index is 1.96. The van der Waals surface area contributed by atoms with Gasteiger partial charge in [0.25, 0.3) is 0 Å². The molecule has 0 saturated carbocycles. The fourth-order valence-electron chi connectivity index (χ4n) is 4.55. The zero-order valence-electron chi connectivity index (χ0n) is 20.5. The first-order valence-corrected chi connectivity index (χ1v) is 15.3. The molecule has 0 saturated heterocycles. The van der Waals surface area contributed by atoms with Crippen molar-refractivity contribution in [2.24, 2.45) is 0 Å². The summed E-state index contributed by atoms with van der Waals surface area (Å²) in [7, 11) is -0.856. The second kappa shape index (κ2) is 9.51. The van der Waals surface area contributed by atoms with Gasteiger partial charge in [-0.2, -0.15) is 0 Å². The minimum atomic E-state index is -0.428. The monoisotopic (exact) mass is 470 g/mol. The lowest BCUT2D eigenvalue weighted by Gasteiger charge is -2.14. The third kappa shape index (κ3) is 4.40. The summed E-state index contributed by atoms with van der Waals surface area (Å²) < 4.78 is 0. The molecule has 0 aliphatic rings. The molecule has 0 fully saturated rings. The summed E-state index contributed by atoms with van der Waals surface area (Å²) in [6, 6.07) is 26.7. The molecule has 0 bridgehead atoms. The van der Waals surface area contributed by atoms with E-state index >= 15 is 0 Å². The third-order valence-electron chi connectivity index (χ3n) is 6.30. The van der Waals surface area contributed by atoms with Gasteiger partial charge in [0.15, 0.2) is 0 Å². The van der Waals surface area contributed by atoms with Crippen LogP contribution in [0.25, 0.3) is 43.1 Å². The Bertz CT molecular complexity index is 1450. The summed E-state index contributed by atoms with van der Waals surface area (Å²) >= 11 is 0. The predicted octanol–water partition coefficient (Wildman–Crippen LogP) is 6.91. The second-order valence-corrected chi connectivity index (χ2v) is 14.8. The van der Waals surface area contributed by atoms with Crippen LogP contribution in [0.15, 0.2) is 72.8 Å². The Kier molecular flexibility index (Phi) is 6.29. The van der Waals surface area contributed by atoms with Crippen LogP contribution < -0.4 is 0 Å². The van der Waals surface area contributed by atoms with Gasteiger partial charge in [-0.1, -0.05) is 88.1 Å². The molecule has 34 heavy (non-hydrogen) atoms. The average Bonchev–Trinajstić information content (AvgIpc) is 2.82. The summed E-state index contributed by atoms with van der Waals surface area (Å²) in [5, 5.41) is 9.99. The number of hydrogen-bond acceptors (Lipinski definition) is 0. The SMILES string of the molecule is CC(C)[SiH2]C#Cc1c2cc3ccccc3cc2c(C#C[SiH2]C(C)C)c2cc3ccccc3cc12. The maximum absolute atomic E-state index is 3.67. The second-order valence-electron chi connectivity index (χ2n) is 10.0. The Morgan fingerprint density at radius 3 is 1.06 bits per heavy atom. The lowest BCUT2D eigenvalue weighted by atomic mass is 9.89. The summed E-state index contributed by atoms with van der Waals surface area (Å²) in [4.78, 5) is 0. The molecule has 5 aromatic carbocycles. The molecule has 2 heteroatoms. The van der Waals surface area contributed by atoms with Gasteiger partial charge in [-0.3, -0.25) is 0 Å². The average molecular weight is 471 g/mol. The molecular formula is C32H30Si2. The number of rotatable bonds is 2.